The van der Waals surface area contributed by atoms with Gasteiger partial charge in [0.2, 0.25) is 5.95 Å². The van der Waals surface area contributed by atoms with Gasteiger partial charge in [0.25, 0.3) is 5.91 Å². The third kappa shape index (κ3) is 4.58. The second-order valence-electron chi connectivity index (χ2n) is 5.07. The van der Waals surface area contributed by atoms with E-state index in [1.807, 2.05) is 0 Å². The van der Waals surface area contributed by atoms with Crippen LogP contribution in [0, 0.1) is 0 Å². The SMILES string of the molecule is CCCCNc1nccc(C(=O)Nc2ccc(OC)c(OC)c2)n1. The average Bonchev–Trinajstić information content (AvgIpc) is 2.62. The fourth-order valence-electron chi connectivity index (χ4n) is 2.06. The number of anilines is 2. The van der Waals surface area contributed by atoms with Crippen LogP contribution in [0.15, 0.2) is 30.5 Å². The van der Waals surface area contributed by atoms with E-state index in [0.717, 1.165) is 19.4 Å². The fraction of sp³-hybridized carbons (Fsp3) is 0.353. The molecule has 0 spiro atoms. The van der Waals surface area contributed by atoms with Crippen LogP contribution in [-0.4, -0.2) is 36.6 Å². The fourth-order valence-corrected chi connectivity index (χ4v) is 2.06. The zero-order chi connectivity index (χ0) is 17.4. The number of rotatable bonds is 8. The first-order chi connectivity index (χ1) is 11.7. The number of methoxy groups -OCH3 is 2. The Balaban J connectivity index is 2.08. The van der Waals surface area contributed by atoms with Gasteiger partial charge in [0.05, 0.1) is 14.2 Å². The maximum atomic E-state index is 12.3. The van der Waals surface area contributed by atoms with Crippen LogP contribution in [0.2, 0.25) is 0 Å². The second kappa shape index (κ2) is 8.71. The Kier molecular flexibility index (Phi) is 6.36. The van der Waals surface area contributed by atoms with Gasteiger partial charge in [0.1, 0.15) is 5.69 Å². The Labute approximate surface area is 141 Å². The summed E-state index contributed by atoms with van der Waals surface area (Å²) in [5.74, 6) is 1.27. The van der Waals surface area contributed by atoms with Crippen molar-refractivity contribution >= 4 is 17.5 Å². The van der Waals surface area contributed by atoms with Crippen LogP contribution < -0.4 is 20.1 Å². The molecular formula is C17H22N4O3. The zero-order valence-corrected chi connectivity index (χ0v) is 14.1. The number of aromatic nitrogens is 2. The monoisotopic (exact) mass is 330 g/mol. The highest BCUT2D eigenvalue weighted by Crippen LogP contribution is 2.29. The van der Waals surface area contributed by atoms with Crippen LogP contribution in [0.5, 0.6) is 11.5 Å². The third-order valence-electron chi connectivity index (χ3n) is 3.34. The van der Waals surface area contributed by atoms with Crippen molar-refractivity contribution < 1.29 is 14.3 Å². The summed E-state index contributed by atoms with van der Waals surface area (Å²) in [7, 11) is 3.10. The van der Waals surface area contributed by atoms with Gasteiger partial charge in [0, 0.05) is 24.5 Å². The minimum Gasteiger partial charge on any atom is -0.493 e. The Morgan fingerprint density at radius 1 is 1.17 bits per heavy atom. The van der Waals surface area contributed by atoms with E-state index in [2.05, 4.69) is 27.5 Å². The van der Waals surface area contributed by atoms with Crippen molar-refractivity contribution in [2.24, 2.45) is 0 Å². The van der Waals surface area contributed by atoms with Gasteiger partial charge in [-0.25, -0.2) is 9.97 Å². The van der Waals surface area contributed by atoms with Crippen LogP contribution >= 0.6 is 0 Å². The molecule has 1 aromatic heterocycles. The van der Waals surface area contributed by atoms with Gasteiger partial charge in [0.15, 0.2) is 11.5 Å². The largest absolute Gasteiger partial charge is 0.493 e. The number of hydrogen-bond acceptors (Lipinski definition) is 6. The molecule has 1 aromatic carbocycles. The lowest BCUT2D eigenvalue weighted by Gasteiger charge is -2.10. The van der Waals surface area contributed by atoms with Crippen molar-refractivity contribution in [3.8, 4) is 11.5 Å². The number of nitrogens with one attached hydrogen (secondary N) is 2. The Morgan fingerprint density at radius 2 is 1.96 bits per heavy atom. The number of nitrogens with zero attached hydrogens (tertiary/aromatic N) is 2. The van der Waals surface area contributed by atoms with E-state index in [1.165, 1.54) is 0 Å². The van der Waals surface area contributed by atoms with Crippen LogP contribution in [0.25, 0.3) is 0 Å². The molecule has 7 nitrogen and oxygen atoms in total. The summed E-state index contributed by atoms with van der Waals surface area (Å²) in [6, 6.07) is 6.73. The van der Waals surface area contributed by atoms with Crippen molar-refractivity contribution in [1.29, 1.82) is 0 Å². The molecule has 0 fully saturated rings. The third-order valence-corrected chi connectivity index (χ3v) is 3.34. The molecule has 0 saturated heterocycles. The molecule has 0 saturated carbocycles. The minimum atomic E-state index is -0.317. The summed E-state index contributed by atoms with van der Waals surface area (Å²) in [5.41, 5.74) is 0.885. The van der Waals surface area contributed by atoms with Crippen molar-refractivity contribution in [2.75, 3.05) is 31.4 Å². The van der Waals surface area contributed by atoms with E-state index in [0.29, 0.717) is 28.8 Å². The minimum absolute atomic E-state index is 0.291. The molecule has 2 aromatic rings. The van der Waals surface area contributed by atoms with E-state index < -0.39 is 0 Å². The van der Waals surface area contributed by atoms with Crippen molar-refractivity contribution in [1.82, 2.24) is 9.97 Å². The van der Waals surface area contributed by atoms with Gasteiger partial charge in [-0.05, 0) is 24.6 Å². The summed E-state index contributed by atoms with van der Waals surface area (Å²) in [5, 5.41) is 5.89. The van der Waals surface area contributed by atoms with E-state index in [1.54, 1.807) is 44.7 Å². The molecule has 128 valence electrons. The lowest BCUT2D eigenvalue weighted by atomic mass is 10.2. The summed E-state index contributed by atoms with van der Waals surface area (Å²) < 4.78 is 10.4. The Bertz CT molecular complexity index is 691. The number of ether oxygens (including phenoxy) is 2. The van der Waals surface area contributed by atoms with Gasteiger partial charge < -0.3 is 20.1 Å². The summed E-state index contributed by atoms with van der Waals surface area (Å²) in [6.45, 7) is 2.88. The van der Waals surface area contributed by atoms with Gasteiger partial charge in [-0.2, -0.15) is 0 Å². The Hall–Kier alpha value is -2.83. The molecule has 0 atom stereocenters. The maximum absolute atomic E-state index is 12.3. The summed E-state index contributed by atoms with van der Waals surface area (Å²) in [6.07, 6.45) is 3.66. The van der Waals surface area contributed by atoms with E-state index in [4.69, 9.17) is 9.47 Å². The van der Waals surface area contributed by atoms with Crippen molar-refractivity contribution in [2.45, 2.75) is 19.8 Å². The van der Waals surface area contributed by atoms with Gasteiger partial charge in [-0.15, -0.1) is 0 Å². The normalized spacial score (nSPS) is 10.1. The summed E-state index contributed by atoms with van der Waals surface area (Å²) >= 11 is 0. The van der Waals surface area contributed by atoms with E-state index in [9.17, 15) is 4.79 Å². The van der Waals surface area contributed by atoms with Crippen LogP contribution in [0.3, 0.4) is 0 Å². The zero-order valence-electron chi connectivity index (χ0n) is 14.1. The lowest BCUT2D eigenvalue weighted by molar-refractivity contribution is 0.102. The first-order valence-electron chi connectivity index (χ1n) is 7.78. The first-order valence-corrected chi connectivity index (χ1v) is 7.78. The number of hydrogen-bond donors (Lipinski definition) is 2. The molecule has 1 amide bonds. The number of carbonyl (C=O) groups is 1. The molecule has 2 N–H and O–H groups in total. The standard InChI is InChI=1S/C17H22N4O3/c1-4-5-9-18-17-19-10-8-13(21-17)16(22)20-12-6-7-14(23-2)15(11-12)24-3/h6-8,10-11H,4-5,9H2,1-3H3,(H,20,22)(H,18,19,21). The highest BCUT2D eigenvalue weighted by atomic mass is 16.5. The molecule has 7 heteroatoms. The topological polar surface area (TPSA) is 85.4 Å². The van der Waals surface area contributed by atoms with Gasteiger partial charge >= 0.3 is 0 Å². The average molecular weight is 330 g/mol. The Morgan fingerprint density at radius 3 is 2.67 bits per heavy atom. The van der Waals surface area contributed by atoms with Crippen LogP contribution in [-0.2, 0) is 0 Å². The highest BCUT2D eigenvalue weighted by Gasteiger charge is 2.11. The predicted molar refractivity (Wildman–Crippen MR) is 92.9 cm³/mol. The molecule has 24 heavy (non-hydrogen) atoms. The molecule has 2 rings (SSSR count). The quantitative estimate of drug-likeness (QED) is 0.724. The van der Waals surface area contributed by atoms with E-state index in [-0.39, 0.29) is 5.91 Å². The van der Waals surface area contributed by atoms with Crippen LogP contribution in [0.4, 0.5) is 11.6 Å². The van der Waals surface area contributed by atoms with Crippen molar-refractivity contribution in [3.63, 3.8) is 0 Å². The maximum Gasteiger partial charge on any atom is 0.274 e. The molecule has 0 aliphatic carbocycles. The second-order valence-corrected chi connectivity index (χ2v) is 5.07. The van der Waals surface area contributed by atoms with Crippen LogP contribution in [0.1, 0.15) is 30.3 Å². The molecule has 0 aliphatic heterocycles. The summed E-state index contributed by atoms with van der Waals surface area (Å²) in [4.78, 5) is 20.7. The number of benzene rings is 1. The van der Waals surface area contributed by atoms with Gasteiger partial charge in [-0.3, -0.25) is 4.79 Å². The smallest absolute Gasteiger partial charge is 0.274 e. The first kappa shape index (κ1) is 17.5. The lowest BCUT2D eigenvalue weighted by Crippen LogP contribution is -2.15. The molecule has 0 radical (unpaired) electrons. The highest BCUT2D eigenvalue weighted by molar-refractivity contribution is 6.03. The number of amides is 1. The molecular weight excluding hydrogens is 308 g/mol. The van der Waals surface area contributed by atoms with E-state index >= 15 is 0 Å². The molecule has 0 unspecified atom stereocenters. The van der Waals surface area contributed by atoms with Crippen molar-refractivity contribution in [3.05, 3.63) is 36.2 Å². The molecule has 1 heterocycles. The molecule has 0 bridgehead atoms. The predicted octanol–water partition coefficient (Wildman–Crippen LogP) is 2.96. The number of unbranched alkanes of at least 4 members (excludes halogenated alkanes) is 1. The van der Waals surface area contributed by atoms with Gasteiger partial charge in [-0.1, -0.05) is 13.3 Å². The number of carbonyl (C=O) groups excluding carboxylic acids is 1. The molecule has 0 aliphatic rings.